The van der Waals surface area contributed by atoms with Crippen LogP contribution in [0.4, 0.5) is 5.82 Å². The molecule has 0 spiro atoms. The molecule has 4 rings (SSSR count). The molecular weight excluding hydrogens is 314 g/mol. The molecule has 1 aromatic rings. The van der Waals surface area contributed by atoms with Crippen LogP contribution < -0.4 is 10.2 Å². The average Bonchev–Trinajstić information content (AvgIpc) is 3.44. The number of hydrogen-bond acceptors (Lipinski definition) is 5. The van der Waals surface area contributed by atoms with E-state index in [1.54, 1.807) is 6.33 Å². The summed E-state index contributed by atoms with van der Waals surface area (Å²) < 4.78 is 0. The van der Waals surface area contributed by atoms with Crippen molar-refractivity contribution >= 4 is 11.7 Å². The average molecular weight is 343 g/mol. The van der Waals surface area contributed by atoms with Gasteiger partial charge in [-0.3, -0.25) is 4.79 Å². The van der Waals surface area contributed by atoms with Crippen molar-refractivity contribution in [2.45, 2.75) is 57.5 Å². The van der Waals surface area contributed by atoms with Gasteiger partial charge >= 0.3 is 0 Å². The zero-order valence-corrected chi connectivity index (χ0v) is 15.2. The number of aryl methyl sites for hydroxylation is 1. The van der Waals surface area contributed by atoms with E-state index in [0.717, 1.165) is 44.1 Å². The van der Waals surface area contributed by atoms with Crippen molar-refractivity contribution in [1.29, 1.82) is 0 Å². The van der Waals surface area contributed by atoms with Gasteiger partial charge in [-0.1, -0.05) is 0 Å². The summed E-state index contributed by atoms with van der Waals surface area (Å²) in [5, 5.41) is 3.01. The van der Waals surface area contributed by atoms with Crippen LogP contribution in [0, 0.1) is 12.8 Å². The summed E-state index contributed by atoms with van der Waals surface area (Å²) in [7, 11) is 0. The van der Waals surface area contributed by atoms with Gasteiger partial charge in [-0.05, 0) is 44.9 Å². The maximum Gasteiger partial charge on any atom is 0.220 e. The minimum atomic E-state index is 0.218. The lowest BCUT2D eigenvalue weighted by Gasteiger charge is -2.40. The van der Waals surface area contributed by atoms with Gasteiger partial charge in [0, 0.05) is 56.4 Å². The molecule has 1 aromatic heterocycles. The molecule has 1 unspecified atom stereocenters. The summed E-state index contributed by atoms with van der Waals surface area (Å²) >= 11 is 0. The topological polar surface area (TPSA) is 61.4 Å². The van der Waals surface area contributed by atoms with Crippen LogP contribution in [0.15, 0.2) is 12.4 Å². The summed E-state index contributed by atoms with van der Waals surface area (Å²) in [6.07, 6.45) is 8.45. The van der Waals surface area contributed by atoms with Crippen LogP contribution in [-0.2, 0) is 4.79 Å². The van der Waals surface area contributed by atoms with E-state index in [0.29, 0.717) is 24.4 Å². The van der Waals surface area contributed by atoms with E-state index in [2.05, 4.69) is 31.2 Å². The van der Waals surface area contributed by atoms with E-state index in [1.165, 1.54) is 25.7 Å². The molecule has 3 fully saturated rings. The number of carbonyl (C=O) groups excluding carboxylic acids is 1. The van der Waals surface area contributed by atoms with Crippen LogP contribution in [0.1, 0.15) is 44.2 Å². The maximum atomic E-state index is 11.3. The summed E-state index contributed by atoms with van der Waals surface area (Å²) in [6, 6.07) is 3.42. The molecule has 1 amide bonds. The minimum Gasteiger partial charge on any atom is -0.356 e. The first-order chi connectivity index (χ1) is 12.2. The third-order valence-corrected chi connectivity index (χ3v) is 5.83. The molecule has 2 aliphatic heterocycles. The Morgan fingerprint density at radius 1 is 1.16 bits per heavy atom. The van der Waals surface area contributed by atoms with Crippen LogP contribution in [0.25, 0.3) is 0 Å². The number of hydrogen-bond donors (Lipinski definition) is 1. The van der Waals surface area contributed by atoms with Gasteiger partial charge in [0.2, 0.25) is 5.91 Å². The van der Waals surface area contributed by atoms with Gasteiger partial charge in [-0.15, -0.1) is 0 Å². The van der Waals surface area contributed by atoms with Crippen molar-refractivity contribution in [3.63, 3.8) is 0 Å². The van der Waals surface area contributed by atoms with Crippen LogP contribution in [-0.4, -0.2) is 59.0 Å². The molecular formula is C19H29N5O. The Labute approximate surface area is 150 Å². The zero-order valence-electron chi connectivity index (χ0n) is 15.2. The summed E-state index contributed by atoms with van der Waals surface area (Å²) in [6.45, 7) is 6.34. The molecule has 3 aliphatic rings. The highest BCUT2D eigenvalue weighted by atomic mass is 16.1. The second kappa shape index (κ2) is 7.28. The number of anilines is 1. The molecule has 0 aromatic carbocycles. The number of carbonyl (C=O) groups is 1. The van der Waals surface area contributed by atoms with Crippen LogP contribution in [0.5, 0.6) is 0 Å². The fourth-order valence-electron chi connectivity index (χ4n) is 4.29. The second-order valence-electron chi connectivity index (χ2n) is 7.90. The van der Waals surface area contributed by atoms with Gasteiger partial charge in [-0.25, -0.2) is 9.97 Å². The molecule has 0 radical (unpaired) electrons. The lowest BCUT2D eigenvalue weighted by atomic mass is 9.96. The molecule has 6 heteroatoms. The Morgan fingerprint density at radius 3 is 2.56 bits per heavy atom. The van der Waals surface area contributed by atoms with Crippen molar-refractivity contribution in [2.75, 3.05) is 31.1 Å². The van der Waals surface area contributed by atoms with E-state index < -0.39 is 0 Å². The molecule has 1 saturated carbocycles. The highest BCUT2D eigenvalue weighted by Crippen LogP contribution is 2.35. The van der Waals surface area contributed by atoms with E-state index in [-0.39, 0.29) is 5.91 Å². The molecule has 0 bridgehead atoms. The van der Waals surface area contributed by atoms with Crippen molar-refractivity contribution in [3.8, 4) is 0 Å². The largest absolute Gasteiger partial charge is 0.356 e. The van der Waals surface area contributed by atoms with Gasteiger partial charge < -0.3 is 15.1 Å². The van der Waals surface area contributed by atoms with E-state index >= 15 is 0 Å². The van der Waals surface area contributed by atoms with Crippen LogP contribution >= 0.6 is 0 Å². The first kappa shape index (κ1) is 16.8. The van der Waals surface area contributed by atoms with Crippen molar-refractivity contribution in [2.24, 2.45) is 5.92 Å². The van der Waals surface area contributed by atoms with Gasteiger partial charge in [0.25, 0.3) is 0 Å². The Hall–Kier alpha value is -1.69. The molecule has 3 heterocycles. The first-order valence-corrected chi connectivity index (χ1v) is 9.75. The van der Waals surface area contributed by atoms with E-state index in [1.807, 2.05) is 6.92 Å². The lowest BCUT2D eigenvalue weighted by Crippen LogP contribution is -2.48. The number of nitrogens with zero attached hydrogens (tertiary/aromatic N) is 4. The molecule has 1 aliphatic carbocycles. The van der Waals surface area contributed by atoms with E-state index in [4.69, 9.17) is 0 Å². The lowest BCUT2D eigenvalue weighted by molar-refractivity contribution is -0.123. The quantitative estimate of drug-likeness (QED) is 0.882. The molecule has 6 nitrogen and oxygen atoms in total. The maximum absolute atomic E-state index is 11.3. The number of likely N-dealkylation sites (tertiary alicyclic amines) is 1. The number of aromatic nitrogens is 2. The summed E-state index contributed by atoms with van der Waals surface area (Å²) in [5.41, 5.74) is 1.05. The van der Waals surface area contributed by atoms with Crippen molar-refractivity contribution < 1.29 is 4.79 Å². The Balaban J connectivity index is 1.33. The minimum absolute atomic E-state index is 0.218. The van der Waals surface area contributed by atoms with Gasteiger partial charge in [0.05, 0.1) is 0 Å². The molecule has 2 saturated heterocycles. The summed E-state index contributed by atoms with van der Waals surface area (Å²) in [4.78, 5) is 25.3. The normalized spacial score (nSPS) is 25.6. The predicted octanol–water partition coefficient (Wildman–Crippen LogP) is 1.74. The number of piperidine rings is 2. The Morgan fingerprint density at radius 2 is 1.92 bits per heavy atom. The number of nitrogens with one attached hydrogen (secondary N) is 1. The predicted molar refractivity (Wildman–Crippen MR) is 97.5 cm³/mol. The van der Waals surface area contributed by atoms with E-state index in [9.17, 15) is 4.79 Å². The van der Waals surface area contributed by atoms with Crippen molar-refractivity contribution in [3.05, 3.63) is 18.1 Å². The zero-order chi connectivity index (χ0) is 17.2. The highest BCUT2D eigenvalue weighted by Gasteiger charge is 2.36. The standard InChI is InChI=1S/C19H29N5O/c1-14-10-18(22-13-21-14)24(16-3-4-16)17-6-8-23(9-7-17)12-15-2-5-19(25)20-11-15/h10,13,15-17H,2-9,11-12H2,1H3,(H,20,25). The molecule has 1 atom stereocenters. The highest BCUT2D eigenvalue weighted by molar-refractivity contribution is 5.76. The Bertz CT molecular complexity index is 600. The third-order valence-electron chi connectivity index (χ3n) is 5.83. The first-order valence-electron chi connectivity index (χ1n) is 9.75. The van der Waals surface area contributed by atoms with Gasteiger partial charge in [0.1, 0.15) is 12.1 Å². The smallest absolute Gasteiger partial charge is 0.220 e. The van der Waals surface area contributed by atoms with Gasteiger partial charge in [0.15, 0.2) is 0 Å². The van der Waals surface area contributed by atoms with Crippen LogP contribution in [0.3, 0.4) is 0 Å². The second-order valence-corrected chi connectivity index (χ2v) is 7.90. The van der Waals surface area contributed by atoms with Gasteiger partial charge in [-0.2, -0.15) is 0 Å². The molecule has 25 heavy (non-hydrogen) atoms. The van der Waals surface area contributed by atoms with Crippen molar-refractivity contribution in [1.82, 2.24) is 20.2 Å². The Kier molecular flexibility index (Phi) is 4.88. The molecule has 136 valence electrons. The SMILES string of the molecule is Cc1cc(N(C2CC2)C2CCN(CC3CCC(=O)NC3)CC2)ncn1. The fourth-order valence-corrected chi connectivity index (χ4v) is 4.29. The number of rotatable bonds is 5. The third kappa shape index (κ3) is 4.11. The fraction of sp³-hybridized carbons (Fsp3) is 0.737. The van der Waals surface area contributed by atoms with Crippen LogP contribution in [0.2, 0.25) is 0 Å². The molecule has 1 N–H and O–H groups in total. The number of amides is 1. The summed E-state index contributed by atoms with van der Waals surface area (Å²) in [5.74, 6) is 1.96. The monoisotopic (exact) mass is 343 g/mol.